The predicted octanol–water partition coefficient (Wildman–Crippen LogP) is 1.53. The molecule has 1 unspecified atom stereocenters. The summed E-state index contributed by atoms with van der Waals surface area (Å²) < 4.78 is 40.7. The first-order valence-corrected chi connectivity index (χ1v) is 10.5. The standard InChI is InChI=1S/C22H24F3N5O3/c23-22(24,25)17-3-1-16(2-4-17)13-30-21(33)29(15-26-30)19-7-5-18(6-8-19)27-9-11-28(12-10-27)20(32)14-31/h1-8,15,20,31-32H,9-14H2. The van der Waals surface area contributed by atoms with Crippen molar-refractivity contribution in [2.24, 2.45) is 0 Å². The average Bonchev–Trinajstić information content (AvgIpc) is 3.18. The molecule has 33 heavy (non-hydrogen) atoms. The van der Waals surface area contributed by atoms with E-state index in [1.54, 1.807) is 12.1 Å². The van der Waals surface area contributed by atoms with E-state index < -0.39 is 23.7 Å². The summed E-state index contributed by atoms with van der Waals surface area (Å²) in [7, 11) is 0. The van der Waals surface area contributed by atoms with E-state index in [-0.39, 0.29) is 13.2 Å². The molecule has 2 aromatic carbocycles. The predicted molar refractivity (Wildman–Crippen MR) is 115 cm³/mol. The van der Waals surface area contributed by atoms with Gasteiger partial charge >= 0.3 is 11.9 Å². The first-order valence-electron chi connectivity index (χ1n) is 10.5. The van der Waals surface area contributed by atoms with Gasteiger partial charge in [-0.3, -0.25) is 4.90 Å². The Morgan fingerprint density at radius 2 is 1.55 bits per heavy atom. The molecule has 0 bridgehead atoms. The highest BCUT2D eigenvalue weighted by Crippen LogP contribution is 2.29. The van der Waals surface area contributed by atoms with Gasteiger partial charge in [0.2, 0.25) is 0 Å². The van der Waals surface area contributed by atoms with Crippen molar-refractivity contribution in [3.05, 3.63) is 76.5 Å². The van der Waals surface area contributed by atoms with Crippen molar-refractivity contribution in [1.29, 1.82) is 0 Å². The Hall–Kier alpha value is -3.15. The molecule has 0 aliphatic carbocycles. The third kappa shape index (κ3) is 5.10. The minimum atomic E-state index is -4.41. The molecule has 2 heterocycles. The lowest BCUT2D eigenvalue weighted by Gasteiger charge is -2.37. The maximum absolute atomic E-state index is 12.7. The normalized spacial score (nSPS) is 16.2. The van der Waals surface area contributed by atoms with Crippen molar-refractivity contribution in [3.63, 3.8) is 0 Å². The van der Waals surface area contributed by atoms with Gasteiger partial charge in [-0.2, -0.15) is 18.3 Å². The second-order valence-corrected chi connectivity index (χ2v) is 7.84. The van der Waals surface area contributed by atoms with Gasteiger partial charge in [0.25, 0.3) is 0 Å². The minimum Gasteiger partial charge on any atom is -0.392 e. The van der Waals surface area contributed by atoms with Gasteiger partial charge in [-0.1, -0.05) is 12.1 Å². The topological polar surface area (TPSA) is 86.8 Å². The summed E-state index contributed by atoms with van der Waals surface area (Å²) in [5.74, 6) is 0. The van der Waals surface area contributed by atoms with E-state index in [2.05, 4.69) is 10.00 Å². The summed E-state index contributed by atoms with van der Waals surface area (Å²) in [6.45, 7) is 2.41. The van der Waals surface area contributed by atoms with Crippen LogP contribution in [0, 0.1) is 0 Å². The lowest BCUT2D eigenvalue weighted by molar-refractivity contribution is -0.137. The molecule has 2 N–H and O–H groups in total. The molecule has 1 fully saturated rings. The van der Waals surface area contributed by atoms with E-state index in [4.69, 9.17) is 5.11 Å². The zero-order valence-corrected chi connectivity index (χ0v) is 17.7. The van der Waals surface area contributed by atoms with Crippen LogP contribution >= 0.6 is 0 Å². The van der Waals surface area contributed by atoms with Crippen molar-refractivity contribution in [2.45, 2.75) is 18.9 Å². The fourth-order valence-corrected chi connectivity index (χ4v) is 3.81. The lowest BCUT2D eigenvalue weighted by atomic mass is 10.1. The van der Waals surface area contributed by atoms with Crippen LogP contribution in [0.15, 0.2) is 59.7 Å². The number of rotatable bonds is 6. The number of piperazine rings is 1. The van der Waals surface area contributed by atoms with Gasteiger partial charge in [0.05, 0.1) is 24.4 Å². The second-order valence-electron chi connectivity index (χ2n) is 7.84. The summed E-state index contributed by atoms with van der Waals surface area (Å²) in [4.78, 5) is 16.7. The zero-order chi connectivity index (χ0) is 23.6. The Morgan fingerprint density at radius 1 is 0.939 bits per heavy atom. The fraction of sp³-hybridized carbons (Fsp3) is 0.364. The van der Waals surface area contributed by atoms with Crippen LogP contribution in [0.3, 0.4) is 0 Å². The summed E-state index contributed by atoms with van der Waals surface area (Å²) in [6, 6.07) is 12.0. The van der Waals surface area contributed by atoms with E-state index in [9.17, 15) is 23.1 Å². The van der Waals surface area contributed by atoms with Crippen molar-refractivity contribution in [1.82, 2.24) is 19.2 Å². The van der Waals surface area contributed by atoms with Gasteiger partial charge in [-0.15, -0.1) is 0 Å². The minimum absolute atomic E-state index is 0.0615. The maximum atomic E-state index is 12.7. The van der Waals surface area contributed by atoms with E-state index in [0.717, 1.165) is 17.8 Å². The van der Waals surface area contributed by atoms with E-state index in [1.165, 1.54) is 27.7 Å². The quantitative estimate of drug-likeness (QED) is 0.577. The van der Waals surface area contributed by atoms with Crippen molar-refractivity contribution in [2.75, 3.05) is 37.7 Å². The van der Waals surface area contributed by atoms with Crippen LogP contribution in [0.4, 0.5) is 18.9 Å². The highest BCUT2D eigenvalue weighted by molar-refractivity contribution is 5.51. The first kappa shape index (κ1) is 23.0. The molecule has 3 aromatic rings. The van der Waals surface area contributed by atoms with Crippen LogP contribution in [-0.4, -0.2) is 68.5 Å². The molecular weight excluding hydrogens is 439 g/mol. The Labute approximate surface area is 187 Å². The Kier molecular flexibility index (Phi) is 6.54. The monoisotopic (exact) mass is 463 g/mol. The molecule has 8 nitrogen and oxygen atoms in total. The Bertz CT molecular complexity index is 1120. The average molecular weight is 463 g/mol. The molecule has 1 atom stereocenters. The van der Waals surface area contributed by atoms with Gasteiger partial charge in [-0.25, -0.2) is 14.0 Å². The van der Waals surface area contributed by atoms with E-state index >= 15 is 0 Å². The van der Waals surface area contributed by atoms with Crippen LogP contribution in [0.5, 0.6) is 0 Å². The maximum Gasteiger partial charge on any atom is 0.416 e. The van der Waals surface area contributed by atoms with Gasteiger partial charge in [0.15, 0.2) is 0 Å². The third-order valence-corrected chi connectivity index (χ3v) is 5.74. The van der Waals surface area contributed by atoms with Gasteiger partial charge in [0, 0.05) is 31.9 Å². The number of aliphatic hydroxyl groups excluding tert-OH is 2. The molecule has 4 rings (SSSR count). The summed E-state index contributed by atoms with van der Waals surface area (Å²) in [5, 5.41) is 22.9. The Morgan fingerprint density at radius 3 is 2.12 bits per heavy atom. The van der Waals surface area contributed by atoms with Gasteiger partial charge in [0.1, 0.15) is 12.6 Å². The van der Waals surface area contributed by atoms with Crippen LogP contribution in [-0.2, 0) is 12.7 Å². The molecule has 176 valence electrons. The second kappa shape index (κ2) is 9.38. The van der Waals surface area contributed by atoms with E-state index in [0.29, 0.717) is 37.4 Å². The molecule has 1 aliphatic heterocycles. The number of anilines is 1. The molecule has 0 radical (unpaired) electrons. The van der Waals surface area contributed by atoms with Crippen LogP contribution in [0.1, 0.15) is 11.1 Å². The van der Waals surface area contributed by atoms with Crippen LogP contribution in [0.25, 0.3) is 5.69 Å². The molecule has 1 aliphatic rings. The lowest BCUT2D eigenvalue weighted by Crippen LogP contribution is -2.51. The fourth-order valence-electron chi connectivity index (χ4n) is 3.81. The number of nitrogens with zero attached hydrogens (tertiary/aromatic N) is 5. The third-order valence-electron chi connectivity index (χ3n) is 5.74. The molecule has 11 heteroatoms. The molecule has 1 saturated heterocycles. The van der Waals surface area contributed by atoms with Crippen LogP contribution in [0.2, 0.25) is 0 Å². The van der Waals surface area contributed by atoms with Crippen LogP contribution < -0.4 is 10.6 Å². The first-order chi connectivity index (χ1) is 15.8. The molecule has 0 spiro atoms. The largest absolute Gasteiger partial charge is 0.416 e. The number of halogens is 3. The molecule has 0 amide bonds. The number of alkyl halides is 3. The highest BCUT2D eigenvalue weighted by atomic mass is 19.4. The number of benzene rings is 2. The summed E-state index contributed by atoms with van der Waals surface area (Å²) >= 11 is 0. The van der Waals surface area contributed by atoms with Gasteiger partial charge in [-0.05, 0) is 42.0 Å². The van der Waals surface area contributed by atoms with Crippen molar-refractivity contribution >= 4 is 5.69 Å². The molecular formula is C22H24F3N5O3. The highest BCUT2D eigenvalue weighted by Gasteiger charge is 2.30. The summed E-state index contributed by atoms with van der Waals surface area (Å²) in [6.07, 6.45) is -3.87. The number of hydrogen-bond donors (Lipinski definition) is 2. The van der Waals surface area contributed by atoms with Crippen molar-refractivity contribution in [3.8, 4) is 5.69 Å². The van der Waals surface area contributed by atoms with Crippen molar-refractivity contribution < 1.29 is 23.4 Å². The number of hydrogen-bond acceptors (Lipinski definition) is 6. The summed E-state index contributed by atoms with van der Waals surface area (Å²) in [5.41, 5.74) is 0.999. The SMILES string of the molecule is O=c1n(-c2ccc(N3CCN(C(O)CO)CC3)cc2)cnn1Cc1ccc(C(F)(F)F)cc1. The van der Waals surface area contributed by atoms with Gasteiger partial charge < -0.3 is 15.1 Å². The zero-order valence-electron chi connectivity index (χ0n) is 17.7. The molecule has 1 aromatic heterocycles. The molecule has 0 saturated carbocycles. The number of aromatic nitrogens is 3. The number of aliphatic hydroxyl groups is 2. The van der Waals surface area contributed by atoms with E-state index in [1.807, 2.05) is 17.0 Å². The Balaban J connectivity index is 1.43. The smallest absolute Gasteiger partial charge is 0.392 e.